The van der Waals surface area contributed by atoms with Gasteiger partial charge in [0.2, 0.25) is 0 Å². The van der Waals surface area contributed by atoms with Crippen LogP contribution in [0, 0.1) is 6.92 Å². The van der Waals surface area contributed by atoms with E-state index in [0.29, 0.717) is 11.5 Å². The molecule has 3 rings (SSSR count). The number of H-pyrrole nitrogens is 1. The van der Waals surface area contributed by atoms with Crippen LogP contribution < -0.4 is 11.0 Å². The Kier molecular flexibility index (Phi) is 3.43. The second kappa shape index (κ2) is 5.24. The van der Waals surface area contributed by atoms with E-state index >= 15 is 0 Å². The van der Waals surface area contributed by atoms with E-state index < -0.39 is 0 Å². The number of anilines is 1. The summed E-state index contributed by atoms with van der Waals surface area (Å²) < 4.78 is 1.47. The van der Waals surface area contributed by atoms with Gasteiger partial charge in [-0.3, -0.25) is 4.90 Å². The van der Waals surface area contributed by atoms with Crippen molar-refractivity contribution in [1.82, 2.24) is 24.5 Å². The van der Waals surface area contributed by atoms with Gasteiger partial charge in [0.25, 0.3) is 0 Å². The van der Waals surface area contributed by atoms with E-state index in [1.807, 2.05) is 0 Å². The van der Waals surface area contributed by atoms with Gasteiger partial charge in [-0.25, -0.2) is 19.3 Å². The van der Waals surface area contributed by atoms with E-state index in [1.165, 1.54) is 17.2 Å². The third-order valence-electron chi connectivity index (χ3n) is 3.74. The molecule has 0 saturated heterocycles. The lowest BCUT2D eigenvalue weighted by Gasteiger charge is -2.19. The number of fused-ring (bicyclic) bond motifs is 1. The maximum Gasteiger partial charge on any atom is 0.349 e. The van der Waals surface area contributed by atoms with Gasteiger partial charge >= 0.3 is 5.69 Å². The highest BCUT2D eigenvalue weighted by molar-refractivity contribution is 5.49. The van der Waals surface area contributed by atoms with E-state index in [9.17, 15) is 4.79 Å². The highest BCUT2D eigenvalue weighted by atomic mass is 16.1. The van der Waals surface area contributed by atoms with Crippen LogP contribution in [0.25, 0.3) is 5.65 Å². The molecule has 1 fully saturated rings. The zero-order chi connectivity index (χ0) is 14.1. The Morgan fingerprint density at radius 2 is 2.35 bits per heavy atom. The molecule has 0 amide bonds. The van der Waals surface area contributed by atoms with Crippen LogP contribution in [0.3, 0.4) is 0 Å². The van der Waals surface area contributed by atoms with Crippen molar-refractivity contribution >= 4 is 11.5 Å². The van der Waals surface area contributed by atoms with Gasteiger partial charge in [0.05, 0.1) is 0 Å². The molecule has 2 heterocycles. The maximum atomic E-state index is 11.5. The minimum absolute atomic E-state index is 0.248. The fraction of sp³-hybridized carbons (Fsp3) is 0.615. The Morgan fingerprint density at radius 1 is 1.55 bits per heavy atom. The van der Waals surface area contributed by atoms with Gasteiger partial charge in [-0.2, -0.15) is 5.10 Å². The molecule has 1 aliphatic rings. The van der Waals surface area contributed by atoms with E-state index in [1.54, 1.807) is 13.0 Å². The maximum absolute atomic E-state index is 11.5. The summed E-state index contributed by atoms with van der Waals surface area (Å²) in [5.74, 6) is 1.40. The number of likely N-dealkylation sites (N-methyl/N-ethyl adjacent to an activating group) is 1. The Morgan fingerprint density at radius 3 is 3.05 bits per heavy atom. The Bertz CT molecular complexity index is 656. The van der Waals surface area contributed by atoms with Crippen molar-refractivity contribution in [3.63, 3.8) is 0 Å². The monoisotopic (exact) mass is 276 g/mol. The molecule has 0 atom stereocenters. The molecular weight excluding hydrogens is 256 g/mol. The van der Waals surface area contributed by atoms with E-state index in [-0.39, 0.29) is 5.69 Å². The molecule has 0 radical (unpaired) electrons. The van der Waals surface area contributed by atoms with Crippen LogP contribution in [0.1, 0.15) is 25.6 Å². The minimum atomic E-state index is -0.248. The summed E-state index contributed by atoms with van der Waals surface area (Å²) in [4.78, 5) is 18.4. The molecule has 1 aliphatic carbocycles. The first-order valence-electron chi connectivity index (χ1n) is 7.11. The molecule has 2 aromatic rings. The van der Waals surface area contributed by atoms with Crippen LogP contribution in [0.4, 0.5) is 5.82 Å². The molecule has 0 spiro atoms. The summed E-state index contributed by atoms with van der Waals surface area (Å²) in [5, 5.41) is 9.72. The van der Waals surface area contributed by atoms with Crippen LogP contribution in [0.15, 0.2) is 10.9 Å². The fourth-order valence-electron chi connectivity index (χ4n) is 2.55. The topological polar surface area (TPSA) is 78.3 Å². The summed E-state index contributed by atoms with van der Waals surface area (Å²) in [6, 6.07) is 2.57. The lowest BCUT2D eigenvalue weighted by molar-refractivity contribution is 0.289. The van der Waals surface area contributed by atoms with Crippen molar-refractivity contribution in [3.05, 3.63) is 22.4 Å². The molecule has 0 bridgehead atoms. The summed E-state index contributed by atoms with van der Waals surface area (Å²) in [5.41, 5.74) is 0.349. The van der Waals surface area contributed by atoms with Crippen LogP contribution >= 0.6 is 0 Å². The smallest absolute Gasteiger partial charge is 0.349 e. The van der Waals surface area contributed by atoms with Crippen LogP contribution in [0.5, 0.6) is 0 Å². The van der Waals surface area contributed by atoms with Gasteiger partial charge in [0, 0.05) is 25.2 Å². The van der Waals surface area contributed by atoms with E-state index in [2.05, 4.69) is 32.3 Å². The average Bonchev–Trinajstić information content (AvgIpc) is 3.19. The minimum Gasteiger partial charge on any atom is -0.369 e. The van der Waals surface area contributed by atoms with Gasteiger partial charge < -0.3 is 5.32 Å². The van der Waals surface area contributed by atoms with Gasteiger partial charge in [0.1, 0.15) is 11.6 Å². The number of aromatic nitrogens is 4. The molecule has 0 aromatic carbocycles. The van der Waals surface area contributed by atoms with Crippen LogP contribution in [-0.4, -0.2) is 50.2 Å². The number of hydrogen-bond donors (Lipinski definition) is 2. The summed E-state index contributed by atoms with van der Waals surface area (Å²) in [6.45, 7) is 6.95. The number of rotatable bonds is 6. The zero-order valence-corrected chi connectivity index (χ0v) is 11.9. The van der Waals surface area contributed by atoms with E-state index in [0.717, 1.165) is 31.5 Å². The predicted molar refractivity (Wildman–Crippen MR) is 77.1 cm³/mol. The van der Waals surface area contributed by atoms with Gasteiger partial charge in [0.15, 0.2) is 5.65 Å². The highest BCUT2D eigenvalue weighted by Crippen LogP contribution is 2.25. The third-order valence-corrected chi connectivity index (χ3v) is 3.74. The zero-order valence-electron chi connectivity index (χ0n) is 11.9. The number of aromatic amines is 1. The Hall–Kier alpha value is -1.89. The van der Waals surface area contributed by atoms with Crippen molar-refractivity contribution in [2.75, 3.05) is 25.0 Å². The van der Waals surface area contributed by atoms with Gasteiger partial charge in [-0.1, -0.05) is 6.92 Å². The normalized spacial score (nSPS) is 15.2. The van der Waals surface area contributed by atoms with Crippen molar-refractivity contribution in [1.29, 1.82) is 0 Å². The van der Waals surface area contributed by atoms with Crippen LogP contribution in [-0.2, 0) is 0 Å². The Labute approximate surface area is 117 Å². The highest BCUT2D eigenvalue weighted by Gasteiger charge is 2.27. The van der Waals surface area contributed by atoms with Crippen molar-refractivity contribution in [2.45, 2.75) is 32.7 Å². The van der Waals surface area contributed by atoms with Gasteiger partial charge in [-0.15, -0.1) is 0 Å². The van der Waals surface area contributed by atoms with E-state index in [4.69, 9.17) is 0 Å². The molecular formula is C13H20N6O. The lowest BCUT2D eigenvalue weighted by atomic mass is 10.4. The average molecular weight is 276 g/mol. The van der Waals surface area contributed by atoms with Crippen molar-refractivity contribution in [3.8, 4) is 0 Å². The lowest BCUT2D eigenvalue weighted by Crippen LogP contribution is -2.31. The van der Waals surface area contributed by atoms with Gasteiger partial charge in [-0.05, 0) is 26.3 Å². The Balaban J connectivity index is 1.66. The molecule has 20 heavy (non-hydrogen) atoms. The van der Waals surface area contributed by atoms with Crippen molar-refractivity contribution in [2.24, 2.45) is 0 Å². The van der Waals surface area contributed by atoms with Crippen LogP contribution in [0.2, 0.25) is 0 Å². The second-order valence-electron chi connectivity index (χ2n) is 5.20. The summed E-state index contributed by atoms with van der Waals surface area (Å²) in [6.07, 6.45) is 2.65. The largest absolute Gasteiger partial charge is 0.369 e. The quantitative estimate of drug-likeness (QED) is 0.809. The number of aryl methyl sites for hydroxylation is 1. The first kappa shape index (κ1) is 13.1. The van der Waals surface area contributed by atoms with Crippen molar-refractivity contribution < 1.29 is 0 Å². The second-order valence-corrected chi connectivity index (χ2v) is 5.20. The molecule has 108 valence electrons. The molecule has 2 N–H and O–H groups in total. The SMILES string of the molecule is CCN(CCNc1cc2n[nH]c(=O)n2c(C)n1)C1CC1. The third kappa shape index (κ3) is 2.53. The first-order chi connectivity index (χ1) is 9.69. The molecule has 2 aromatic heterocycles. The standard InChI is InChI=1S/C13H20N6O/c1-3-18(10-4-5-10)7-6-14-11-8-12-16-17-13(20)19(12)9(2)15-11/h8,10,14H,3-7H2,1-2H3,(H,17,20). The summed E-state index contributed by atoms with van der Waals surface area (Å²) >= 11 is 0. The molecule has 1 saturated carbocycles. The molecule has 7 heteroatoms. The predicted octanol–water partition coefficient (Wildman–Crippen LogP) is 0.622. The fourth-order valence-corrected chi connectivity index (χ4v) is 2.55. The number of nitrogens with one attached hydrogen (secondary N) is 2. The number of hydrogen-bond acceptors (Lipinski definition) is 5. The number of nitrogens with zero attached hydrogens (tertiary/aromatic N) is 4. The summed E-state index contributed by atoms with van der Waals surface area (Å²) in [7, 11) is 0. The molecule has 0 unspecified atom stereocenters. The molecule has 0 aliphatic heterocycles. The first-order valence-corrected chi connectivity index (χ1v) is 7.11. The molecule has 7 nitrogen and oxygen atoms in total.